The number of aromatic carboxylic acids is 1. The van der Waals surface area contributed by atoms with Crippen LogP contribution in [0.4, 0.5) is 5.69 Å². The van der Waals surface area contributed by atoms with Crippen molar-refractivity contribution in [1.82, 2.24) is 0 Å². The highest BCUT2D eigenvalue weighted by atomic mass is 32.2. The number of carbonyl (C=O) groups is 1. The van der Waals surface area contributed by atoms with E-state index in [0.29, 0.717) is 17.2 Å². The Balaban J connectivity index is 1.62. The van der Waals surface area contributed by atoms with Crippen LogP contribution in [0.1, 0.15) is 21.9 Å². The summed E-state index contributed by atoms with van der Waals surface area (Å²) in [4.78, 5) is 10.9. The maximum absolute atomic E-state index is 12.4. The number of sulfonamides is 1. The van der Waals surface area contributed by atoms with Gasteiger partial charge in [0.1, 0.15) is 18.1 Å². The highest BCUT2D eigenvalue weighted by Crippen LogP contribution is 2.21. The fourth-order valence-corrected chi connectivity index (χ4v) is 3.33. The van der Waals surface area contributed by atoms with Gasteiger partial charge >= 0.3 is 5.97 Å². The van der Waals surface area contributed by atoms with Crippen LogP contribution in [0, 0.1) is 6.92 Å². The predicted molar refractivity (Wildman–Crippen MR) is 98.4 cm³/mol. The minimum atomic E-state index is -3.67. The standard InChI is InChI=1S/C19H17NO6S/c1-13-2-9-17(10-3-13)27(23,24)20-14-4-6-15(7-5-14)25-12-16-8-11-18(26-16)19(21)22/h2-11,20H,12H2,1H3,(H,21,22). The van der Waals surface area contributed by atoms with Gasteiger partial charge in [-0.2, -0.15) is 0 Å². The Hall–Kier alpha value is -3.26. The van der Waals surface area contributed by atoms with Crippen molar-refractivity contribution in [1.29, 1.82) is 0 Å². The zero-order chi connectivity index (χ0) is 19.4. The van der Waals surface area contributed by atoms with Crippen LogP contribution in [0.15, 0.2) is 70.0 Å². The Labute approximate surface area is 156 Å². The van der Waals surface area contributed by atoms with Crippen LogP contribution in [-0.2, 0) is 16.6 Å². The number of aryl methyl sites for hydroxylation is 1. The van der Waals surface area contributed by atoms with Crippen LogP contribution in [0.5, 0.6) is 5.75 Å². The maximum Gasteiger partial charge on any atom is 0.371 e. The molecule has 8 heteroatoms. The third-order valence-electron chi connectivity index (χ3n) is 3.69. The molecule has 0 spiro atoms. The number of furan rings is 1. The van der Waals surface area contributed by atoms with E-state index in [-0.39, 0.29) is 17.3 Å². The van der Waals surface area contributed by atoms with E-state index < -0.39 is 16.0 Å². The van der Waals surface area contributed by atoms with E-state index in [1.165, 1.54) is 12.1 Å². The first-order valence-electron chi connectivity index (χ1n) is 7.98. The quantitative estimate of drug-likeness (QED) is 0.641. The van der Waals surface area contributed by atoms with E-state index in [1.54, 1.807) is 48.5 Å². The first-order chi connectivity index (χ1) is 12.8. The molecule has 0 atom stereocenters. The molecule has 7 nitrogen and oxygen atoms in total. The van der Waals surface area contributed by atoms with Crippen LogP contribution in [0.2, 0.25) is 0 Å². The minimum Gasteiger partial charge on any atom is -0.486 e. The van der Waals surface area contributed by atoms with Crippen LogP contribution in [0.3, 0.4) is 0 Å². The second-order valence-corrected chi connectivity index (χ2v) is 7.49. The van der Waals surface area contributed by atoms with Gasteiger partial charge in [0.25, 0.3) is 10.0 Å². The van der Waals surface area contributed by atoms with Crippen molar-refractivity contribution in [3.63, 3.8) is 0 Å². The number of carboxylic acids is 1. The highest BCUT2D eigenvalue weighted by molar-refractivity contribution is 7.92. The third-order valence-corrected chi connectivity index (χ3v) is 5.09. The molecule has 0 saturated carbocycles. The topological polar surface area (TPSA) is 106 Å². The number of rotatable bonds is 7. The number of anilines is 1. The number of ether oxygens (including phenoxy) is 1. The Morgan fingerprint density at radius 1 is 1.04 bits per heavy atom. The molecule has 0 aliphatic rings. The molecule has 2 N–H and O–H groups in total. The molecular formula is C19H17NO6S. The lowest BCUT2D eigenvalue weighted by molar-refractivity contribution is 0.0658. The zero-order valence-corrected chi connectivity index (χ0v) is 15.2. The lowest BCUT2D eigenvalue weighted by Gasteiger charge is -2.09. The largest absolute Gasteiger partial charge is 0.486 e. The van der Waals surface area contributed by atoms with Gasteiger partial charge in [0.05, 0.1) is 4.90 Å². The highest BCUT2D eigenvalue weighted by Gasteiger charge is 2.14. The Bertz CT molecular complexity index is 1040. The second kappa shape index (κ2) is 7.55. The van der Waals surface area contributed by atoms with Crippen molar-refractivity contribution >= 4 is 21.7 Å². The molecule has 1 heterocycles. The summed E-state index contributed by atoms with van der Waals surface area (Å²) < 4.78 is 37.8. The summed E-state index contributed by atoms with van der Waals surface area (Å²) in [6, 6.07) is 15.8. The van der Waals surface area contributed by atoms with E-state index in [0.717, 1.165) is 5.56 Å². The summed E-state index contributed by atoms with van der Waals surface area (Å²) in [5.74, 6) is -0.445. The van der Waals surface area contributed by atoms with Crippen LogP contribution >= 0.6 is 0 Å². The molecule has 140 valence electrons. The molecule has 0 fully saturated rings. The Morgan fingerprint density at radius 3 is 2.30 bits per heavy atom. The third kappa shape index (κ3) is 4.68. The van der Waals surface area contributed by atoms with Crippen molar-refractivity contribution in [3.8, 4) is 5.75 Å². The summed E-state index contributed by atoms with van der Waals surface area (Å²) in [6.07, 6.45) is 0. The number of nitrogens with one attached hydrogen (secondary N) is 1. The summed E-state index contributed by atoms with van der Waals surface area (Å²) in [5.41, 5.74) is 1.37. The van der Waals surface area contributed by atoms with Gasteiger partial charge in [-0.3, -0.25) is 4.72 Å². The van der Waals surface area contributed by atoms with E-state index in [2.05, 4.69) is 4.72 Å². The van der Waals surface area contributed by atoms with Gasteiger partial charge in [0.15, 0.2) is 0 Å². The molecule has 0 bridgehead atoms. The predicted octanol–water partition coefficient (Wildman–Crippen LogP) is 3.67. The fraction of sp³-hybridized carbons (Fsp3) is 0.105. The zero-order valence-electron chi connectivity index (χ0n) is 14.4. The Morgan fingerprint density at radius 2 is 1.70 bits per heavy atom. The van der Waals surface area contributed by atoms with Crippen LogP contribution < -0.4 is 9.46 Å². The monoisotopic (exact) mass is 387 g/mol. The van der Waals surface area contributed by atoms with Crippen molar-refractivity contribution < 1.29 is 27.5 Å². The van der Waals surface area contributed by atoms with Gasteiger partial charge in [-0.1, -0.05) is 17.7 Å². The summed E-state index contributed by atoms with van der Waals surface area (Å²) in [7, 11) is -3.67. The van der Waals surface area contributed by atoms with E-state index >= 15 is 0 Å². The molecular weight excluding hydrogens is 370 g/mol. The summed E-state index contributed by atoms with van der Waals surface area (Å²) in [5, 5.41) is 8.81. The second-order valence-electron chi connectivity index (χ2n) is 5.80. The minimum absolute atomic E-state index is 0.0573. The number of hydrogen-bond acceptors (Lipinski definition) is 5. The molecule has 3 rings (SSSR count). The molecule has 3 aromatic rings. The van der Waals surface area contributed by atoms with Crippen molar-refractivity contribution in [3.05, 3.63) is 77.7 Å². The number of benzene rings is 2. The van der Waals surface area contributed by atoms with Gasteiger partial charge in [-0.05, 0) is 55.5 Å². The van der Waals surface area contributed by atoms with Gasteiger partial charge < -0.3 is 14.3 Å². The first-order valence-corrected chi connectivity index (χ1v) is 9.46. The van der Waals surface area contributed by atoms with E-state index in [1.807, 2.05) is 6.92 Å². The molecule has 1 aromatic heterocycles. The molecule has 0 radical (unpaired) electrons. The molecule has 0 aliphatic carbocycles. The number of carboxylic acid groups (broad SMARTS) is 1. The summed E-state index contributed by atoms with van der Waals surface area (Å²) in [6.45, 7) is 1.94. The van der Waals surface area contributed by atoms with Gasteiger partial charge in [0.2, 0.25) is 5.76 Å². The average Bonchev–Trinajstić information content (AvgIpc) is 3.11. The van der Waals surface area contributed by atoms with Crippen LogP contribution in [-0.4, -0.2) is 19.5 Å². The summed E-state index contributed by atoms with van der Waals surface area (Å²) >= 11 is 0. The molecule has 0 unspecified atom stereocenters. The van der Waals surface area contributed by atoms with Crippen LogP contribution in [0.25, 0.3) is 0 Å². The van der Waals surface area contributed by atoms with Gasteiger partial charge in [0, 0.05) is 5.69 Å². The number of hydrogen-bond donors (Lipinski definition) is 2. The fourth-order valence-electron chi connectivity index (χ4n) is 2.28. The average molecular weight is 387 g/mol. The molecule has 0 saturated heterocycles. The first kappa shape index (κ1) is 18.5. The van der Waals surface area contributed by atoms with Crippen molar-refractivity contribution in [2.75, 3.05) is 4.72 Å². The smallest absolute Gasteiger partial charge is 0.371 e. The van der Waals surface area contributed by atoms with Crippen molar-refractivity contribution in [2.24, 2.45) is 0 Å². The molecule has 0 amide bonds. The normalized spacial score (nSPS) is 11.1. The lowest BCUT2D eigenvalue weighted by atomic mass is 10.2. The Kier molecular flexibility index (Phi) is 5.18. The van der Waals surface area contributed by atoms with Crippen molar-refractivity contribution in [2.45, 2.75) is 18.4 Å². The molecule has 2 aromatic carbocycles. The van der Waals surface area contributed by atoms with E-state index in [4.69, 9.17) is 14.3 Å². The molecule has 27 heavy (non-hydrogen) atoms. The maximum atomic E-state index is 12.4. The SMILES string of the molecule is Cc1ccc(S(=O)(=O)Nc2ccc(OCc3ccc(C(=O)O)o3)cc2)cc1. The lowest BCUT2D eigenvalue weighted by Crippen LogP contribution is -2.12. The molecule has 0 aliphatic heterocycles. The van der Waals surface area contributed by atoms with E-state index in [9.17, 15) is 13.2 Å². The van der Waals surface area contributed by atoms with Gasteiger partial charge in [-0.25, -0.2) is 13.2 Å². The van der Waals surface area contributed by atoms with Gasteiger partial charge in [-0.15, -0.1) is 0 Å².